The Balaban J connectivity index is -0.00000144. The molecule has 1 saturated heterocycles. The van der Waals surface area contributed by atoms with Crippen LogP contribution in [-0.2, 0) is 15.0 Å². The highest BCUT2D eigenvalue weighted by atomic mass is 35.5. The lowest BCUT2D eigenvalue weighted by Crippen LogP contribution is -2.52. The summed E-state index contributed by atoms with van der Waals surface area (Å²) in [4.78, 5) is 33.4. The molecule has 6 nitrogen and oxygen atoms in total. The van der Waals surface area contributed by atoms with Gasteiger partial charge in [0.05, 0.1) is 18.2 Å². The van der Waals surface area contributed by atoms with E-state index in [1.165, 1.54) is 0 Å². The number of carbonyl (C=O) groups excluding carboxylic acids is 2. The summed E-state index contributed by atoms with van der Waals surface area (Å²) in [7, 11) is 3.48. The van der Waals surface area contributed by atoms with Gasteiger partial charge in [-0.05, 0) is 58.9 Å². The van der Waals surface area contributed by atoms with Crippen molar-refractivity contribution in [1.29, 1.82) is 0 Å². The second kappa shape index (κ2) is 23.9. The number of anilines is 1. The van der Waals surface area contributed by atoms with Crippen molar-refractivity contribution in [2.24, 2.45) is 5.92 Å². The zero-order chi connectivity index (χ0) is 32.7. The Morgan fingerprint density at radius 2 is 1.31 bits per heavy atom. The van der Waals surface area contributed by atoms with Crippen LogP contribution in [0, 0.1) is 5.92 Å². The van der Waals surface area contributed by atoms with Gasteiger partial charge in [0, 0.05) is 41.8 Å². The van der Waals surface area contributed by atoms with E-state index < -0.39 is 35.6 Å². The summed E-state index contributed by atoms with van der Waals surface area (Å²) in [6.45, 7) is 4.25. The predicted octanol–water partition coefficient (Wildman–Crippen LogP) is 12.3. The average molecular weight is 837 g/mol. The van der Waals surface area contributed by atoms with E-state index >= 15 is 0 Å². The maximum absolute atomic E-state index is 14.9. The summed E-state index contributed by atoms with van der Waals surface area (Å²) in [5.74, 6) is -0.860. The van der Waals surface area contributed by atoms with Gasteiger partial charge in [0.1, 0.15) is 5.41 Å². The third-order valence-corrected chi connectivity index (χ3v) is 10.0. The number of rotatable bonds is 8. The first-order valence-electron chi connectivity index (χ1n) is 15.7. The van der Waals surface area contributed by atoms with Gasteiger partial charge < -0.3 is 15.3 Å². The molecule has 6 rings (SSSR count). The second-order valence-electron chi connectivity index (χ2n) is 13.0. The van der Waals surface area contributed by atoms with E-state index in [2.05, 4.69) is 24.1 Å². The van der Waals surface area contributed by atoms with Gasteiger partial charge in [-0.25, -0.2) is 0 Å². The molecule has 0 aliphatic carbocycles. The second-order valence-corrected chi connectivity index (χ2v) is 13.9. The van der Waals surface area contributed by atoms with Crippen molar-refractivity contribution in [3.63, 3.8) is 0 Å². The molecule has 2 heterocycles. The lowest BCUT2D eigenvalue weighted by molar-refractivity contribution is -0.136. The number of benzene rings is 4. The van der Waals surface area contributed by atoms with Crippen molar-refractivity contribution in [3.05, 3.63) is 135 Å². The van der Waals surface area contributed by atoms with Gasteiger partial charge in [0.2, 0.25) is 11.8 Å². The zero-order valence-corrected chi connectivity index (χ0v) is 30.9. The van der Waals surface area contributed by atoms with Gasteiger partial charge >= 0.3 is 0 Å². The lowest BCUT2D eigenvalue weighted by atomic mass is 9.63. The molecule has 2 aliphatic rings. The van der Waals surface area contributed by atoms with E-state index in [4.69, 9.17) is 23.2 Å². The van der Waals surface area contributed by atoms with E-state index in [-0.39, 0.29) is 96.7 Å². The summed E-state index contributed by atoms with van der Waals surface area (Å²) < 4.78 is 0. The molecule has 2 aliphatic heterocycles. The Labute approximate surface area is 358 Å². The van der Waals surface area contributed by atoms with Crippen LogP contribution in [0.15, 0.2) is 103 Å². The van der Waals surface area contributed by atoms with Crippen molar-refractivity contribution in [3.8, 4) is 0 Å². The first kappa shape index (κ1) is 58.7. The smallest absolute Gasteiger partial charge is 0.240 e. The van der Waals surface area contributed by atoms with E-state index in [0.717, 1.165) is 22.3 Å². The number of fused-ring (bicyclic) bond motifs is 2. The number of amides is 2. The quantitative estimate of drug-likeness (QED) is 0.185. The van der Waals surface area contributed by atoms with Gasteiger partial charge in [-0.2, -0.15) is 27.0 Å². The molecule has 10 heteroatoms. The number of hydrogen-bond acceptors (Lipinski definition) is 4. The van der Waals surface area contributed by atoms with Crippen LogP contribution in [0.1, 0.15) is 113 Å². The fraction of sp³-hybridized carbons (Fsp3) is 0.422. The van der Waals surface area contributed by atoms with E-state index in [1.807, 2.05) is 91.0 Å². The number of likely N-dealkylation sites (tertiary alicyclic amines) is 1. The lowest BCUT2D eigenvalue weighted by Gasteiger charge is -2.43. The Kier molecular flexibility index (Phi) is 25.6. The molecule has 55 heavy (non-hydrogen) atoms. The van der Waals surface area contributed by atoms with Gasteiger partial charge in [0.25, 0.3) is 0 Å². The average Bonchev–Trinajstić information content (AvgIpc) is 3.48. The Hall–Kier alpha value is -2.98. The van der Waals surface area contributed by atoms with E-state index in [9.17, 15) is 14.7 Å². The molecule has 0 unspecified atom stereocenters. The first-order valence-corrected chi connectivity index (χ1v) is 16.4. The SMILES string of the molecule is C.C.C.C.C.C.C.CC(C)C[C@H]1N([C@H](c2ccccc2)[C@@H](O)c2ccccc2)[C@@H](C(=O)N(C)C)[C@H](c2cccc(Cl)c2)[C@@]12C(=O)Nc1cc(Cl)ccc12.S.S. The topological polar surface area (TPSA) is 72.9 Å². The molecule has 0 saturated carbocycles. The highest BCUT2D eigenvalue weighted by Gasteiger charge is 2.70. The minimum absolute atomic E-state index is 0. The Morgan fingerprint density at radius 3 is 1.82 bits per heavy atom. The highest BCUT2D eigenvalue weighted by molar-refractivity contribution is 7.59. The fourth-order valence-corrected chi connectivity index (χ4v) is 8.20. The molecule has 4 aromatic carbocycles. The van der Waals surface area contributed by atoms with Crippen LogP contribution < -0.4 is 5.32 Å². The molecule has 0 radical (unpaired) electrons. The summed E-state index contributed by atoms with van der Waals surface area (Å²) in [6.07, 6.45) is -0.436. The summed E-state index contributed by atoms with van der Waals surface area (Å²) in [5, 5.41) is 16.6. The Bertz CT molecular complexity index is 1750. The third kappa shape index (κ3) is 10.5. The van der Waals surface area contributed by atoms with Gasteiger partial charge in [0.15, 0.2) is 0 Å². The largest absolute Gasteiger partial charge is 0.386 e. The van der Waals surface area contributed by atoms with Crippen LogP contribution in [-0.4, -0.2) is 52.9 Å². The Morgan fingerprint density at radius 1 is 0.782 bits per heavy atom. The summed E-state index contributed by atoms with van der Waals surface area (Å²) in [5.41, 5.74) is 2.56. The van der Waals surface area contributed by atoms with Gasteiger partial charge in [-0.3, -0.25) is 14.5 Å². The summed E-state index contributed by atoms with van der Waals surface area (Å²) >= 11 is 13.1. The number of hydrogen-bond donors (Lipinski definition) is 2. The molecular formula is C45H71Cl2N3O3S2. The number of likely N-dealkylation sites (N-methyl/N-ethyl adjacent to an activating group) is 1. The maximum atomic E-state index is 14.9. The molecule has 0 aromatic heterocycles. The number of nitrogens with zero attached hydrogens (tertiary/aromatic N) is 2. The highest BCUT2D eigenvalue weighted by Crippen LogP contribution is 2.62. The van der Waals surface area contributed by atoms with Crippen molar-refractivity contribution in [1.82, 2.24) is 9.80 Å². The number of aliphatic hydroxyl groups is 1. The minimum Gasteiger partial charge on any atom is -0.386 e. The molecule has 1 spiro atoms. The summed E-state index contributed by atoms with van der Waals surface area (Å²) in [6, 6.07) is 30.3. The molecular weight excluding hydrogens is 766 g/mol. The van der Waals surface area contributed by atoms with Crippen LogP contribution in [0.3, 0.4) is 0 Å². The van der Waals surface area contributed by atoms with Crippen molar-refractivity contribution in [2.75, 3.05) is 19.4 Å². The predicted molar refractivity (Wildman–Crippen MR) is 252 cm³/mol. The van der Waals surface area contributed by atoms with Crippen molar-refractivity contribution >= 4 is 67.7 Å². The van der Waals surface area contributed by atoms with Crippen molar-refractivity contribution in [2.45, 2.75) is 108 Å². The normalized spacial score (nSPS) is 19.9. The third-order valence-electron chi connectivity index (χ3n) is 9.56. The maximum Gasteiger partial charge on any atom is 0.240 e. The van der Waals surface area contributed by atoms with Gasteiger partial charge in [-0.1, -0.05) is 168 Å². The minimum atomic E-state index is -1.21. The molecule has 310 valence electrons. The van der Waals surface area contributed by atoms with Crippen LogP contribution in [0.25, 0.3) is 0 Å². The van der Waals surface area contributed by atoms with E-state index in [0.29, 0.717) is 22.2 Å². The molecule has 4 aromatic rings. The van der Waals surface area contributed by atoms with Crippen LogP contribution in [0.5, 0.6) is 0 Å². The van der Waals surface area contributed by atoms with Crippen molar-refractivity contribution < 1.29 is 14.7 Å². The number of halogens is 2. The first-order chi connectivity index (χ1) is 22.0. The van der Waals surface area contributed by atoms with Crippen LogP contribution in [0.2, 0.25) is 10.0 Å². The van der Waals surface area contributed by atoms with Crippen LogP contribution >= 0.6 is 50.2 Å². The monoisotopic (exact) mass is 835 g/mol. The number of aliphatic hydroxyl groups excluding tert-OH is 1. The fourth-order valence-electron chi connectivity index (χ4n) is 7.83. The number of nitrogens with one attached hydrogen (secondary N) is 1. The van der Waals surface area contributed by atoms with Gasteiger partial charge in [-0.15, -0.1) is 0 Å². The zero-order valence-electron chi connectivity index (χ0n) is 27.4. The van der Waals surface area contributed by atoms with Crippen LogP contribution in [0.4, 0.5) is 5.69 Å². The molecule has 0 bridgehead atoms. The molecule has 6 atom stereocenters. The molecule has 1 fully saturated rings. The standard InChI is InChI=1S/C38H39Cl2N3O3.7CH4.2H2S/c1-23(2)20-31-38(29-19-18-28(40)22-30(29)41-37(38)46)32(26-16-11-17-27(39)21-26)34(36(45)42(3)4)43(31)33(24-12-7-5-8-13-24)35(44)25-14-9-6-10-15-25;;;;;;;;;/h5-19,21-23,31-35,44H,20H2,1-4H3,(H,41,46);7*1H4;2*1H2/t31-,32+,33-,34-,35+,38+;;;;;;;;;/m1........./s1. The number of carbonyl (C=O) groups is 2. The molecule has 2 amide bonds. The molecule has 2 N–H and O–H groups in total. The van der Waals surface area contributed by atoms with E-state index in [1.54, 1.807) is 31.1 Å².